The van der Waals surface area contributed by atoms with Crippen LogP contribution in [0.4, 0.5) is 0 Å². The van der Waals surface area contributed by atoms with Gasteiger partial charge in [0.25, 0.3) is 5.56 Å². The lowest BCUT2D eigenvalue weighted by Crippen LogP contribution is -2.25. The van der Waals surface area contributed by atoms with Crippen molar-refractivity contribution < 1.29 is 9.47 Å². The second-order valence-electron chi connectivity index (χ2n) is 9.09. The molecule has 8 heteroatoms. The Bertz CT molecular complexity index is 1510. The summed E-state index contributed by atoms with van der Waals surface area (Å²) in [7, 11) is 1.59. The number of ether oxygens (including phenoxy) is 2. The van der Waals surface area contributed by atoms with E-state index in [1.54, 1.807) is 19.4 Å². The predicted octanol–water partition coefficient (Wildman–Crippen LogP) is 7.33. The number of hydrogen-bond acceptors (Lipinski definition) is 5. The van der Waals surface area contributed by atoms with Crippen molar-refractivity contribution in [2.45, 2.75) is 44.6 Å². The third-order valence-corrected chi connectivity index (χ3v) is 7.54. The lowest BCUT2D eigenvalue weighted by Gasteiger charge is -2.22. The van der Waals surface area contributed by atoms with E-state index in [2.05, 4.69) is 21.0 Å². The molecule has 1 aromatic heterocycles. The number of benzene rings is 3. The summed E-state index contributed by atoms with van der Waals surface area (Å²) >= 11 is 9.80. The summed E-state index contributed by atoms with van der Waals surface area (Å²) in [6.07, 6.45) is 7.09. The molecule has 1 fully saturated rings. The van der Waals surface area contributed by atoms with E-state index in [1.165, 1.54) is 11.1 Å². The van der Waals surface area contributed by atoms with Crippen LogP contribution in [0.5, 0.6) is 11.5 Å². The van der Waals surface area contributed by atoms with Gasteiger partial charge in [-0.25, -0.2) is 4.98 Å². The minimum atomic E-state index is -0.190. The highest BCUT2D eigenvalue weighted by Crippen LogP contribution is 2.33. The van der Waals surface area contributed by atoms with Gasteiger partial charge >= 0.3 is 0 Å². The van der Waals surface area contributed by atoms with Gasteiger partial charge in [-0.2, -0.15) is 9.78 Å². The SMILES string of the molecule is COc1cccc(C=Nn2c(C3CCCCC3)nc3ccc(Br)cc3c2=O)c1OCc1ccccc1Cl. The number of para-hydroxylation sites is 1. The summed E-state index contributed by atoms with van der Waals surface area (Å²) in [5.74, 6) is 1.99. The van der Waals surface area contributed by atoms with Crippen LogP contribution >= 0.6 is 27.5 Å². The molecule has 0 aliphatic heterocycles. The Balaban J connectivity index is 1.57. The van der Waals surface area contributed by atoms with E-state index in [9.17, 15) is 4.79 Å². The van der Waals surface area contributed by atoms with Crippen molar-refractivity contribution in [1.82, 2.24) is 9.66 Å². The average molecular weight is 581 g/mol. The first-order valence-corrected chi connectivity index (χ1v) is 13.5. The maximum atomic E-state index is 13.6. The van der Waals surface area contributed by atoms with Crippen LogP contribution in [0.2, 0.25) is 5.02 Å². The normalized spacial score (nSPS) is 14.4. The quantitative estimate of drug-likeness (QED) is 0.215. The maximum Gasteiger partial charge on any atom is 0.282 e. The van der Waals surface area contributed by atoms with Crippen molar-refractivity contribution in [3.8, 4) is 11.5 Å². The van der Waals surface area contributed by atoms with Crippen LogP contribution in [-0.2, 0) is 6.61 Å². The number of fused-ring (bicyclic) bond motifs is 1. The van der Waals surface area contributed by atoms with E-state index < -0.39 is 0 Å². The van der Waals surface area contributed by atoms with Crippen molar-refractivity contribution in [2.75, 3.05) is 7.11 Å². The third kappa shape index (κ3) is 5.58. The smallest absolute Gasteiger partial charge is 0.282 e. The molecule has 4 aromatic rings. The number of nitrogens with zero attached hydrogens (tertiary/aromatic N) is 3. The van der Waals surface area contributed by atoms with Gasteiger partial charge in [0.05, 0.1) is 24.2 Å². The number of methoxy groups -OCH3 is 1. The van der Waals surface area contributed by atoms with Crippen LogP contribution in [0.25, 0.3) is 10.9 Å². The van der Waals surface area contributed by atoms with Crippen molar-refractivity contribution in [3.05, 3.63) is 97.5 Å². The standard InChI is InChI=1S/C29H27BrClN3O3/c1-36-26-13-7-11-20(27(26)37-18-21-10-5-6-12-24(21)31)17-32-34-28(19-8-3-2-4-9-19)33-25-15-14-22(30)16-23(25)29(34)35/h5-7,10-17,19H,2-4,8-9,18H2,1H3. The topological polar surface area (TPSA) is 65.7 Å². The van der Waals surface area contributed by atoms with Crippen LogP contribution in [0.3, 0.4) is 0 Å². The lowest BCUT2D eigenvalue weighted by molar-refractivity contribution is 0.284. The first kappa shape index (κ1) is 25.5. The lowest BCUT2D eigenvalue weighted by atomic mass is 9.88. The maximum absolute atomic E-state index is 13.6. The van der Waals surface area contributed by atoms with E-state index in [4.69, 9.17) is 26.1 Å². The molecule has 1 aliphatic rings. The molecule has 0 amide bonds. The molecule has 0 unspecified atom stereocenters. The average Bonchev–Trinajstić information content (AvgIpc) is 2.93. The zero-order chi connectivity index (χ0) is 25.8. The minimum absolute atomic E-state index is 0.188. The molecular weight excluding hydrogens is 554 g/mol. The molecule has 190 valence electrons. The number of hydrogen-bond donors (Lipinski definition) is 0. The molecule has 0 radical (unpaired) electrons. The molecule has 0 spiro atoms. The van der Waals surface area contributed by atoms with Crippen LogP contribution in [0.15, 0.2) is 75.0 Å². The van der Waals surface area contributed by atoms with Gasteiger partial charge in [-0.05, 0) is 49.2 Å². The number of halogens is 2. The minimum Gasteiger partial charge on any atom is -0.493 e. The molecule has 0 bridgehead atoms. The van der Waals surface area contributed by atoms with E-state index >= 15 is 0 Å². The summed E-state index contributed by atoms with van der Waals surface area (Å²) in [6, 6.07) is 18.7. The van der Waals surface area contributed by atoms with E-state index in [1.807, 2.05) is 54.6 Å². The highest BCUT2D eigenvalue weighted by molar-refractivity contribution is 9.10. The molecule has 0 N–H and O–H groups in total. The molecule has 0 saturated heterocycles. The molecule has 6 nitrogen and oxygen atoms in total. The monoisotopic (exact) mass is 579 g/mol. The molecule has 1 saturated carbocycles. The molecule has 0 atom stereocenters. The molecular formula is C29H27BrClN3O3. The zero-order valence-electron chi connectivity index (χ0n) is 20.5. The van der Waals surface area contributed by atoms with E-state index in [-0.39, 0.29) is 18.1 Å². The van der Waals surface area contributed by atoms with Crippen molar-refractivity contribution in [1.29, 1.82) is 0 Å². The molecule has 1 heterocycles. The number of aromatic nitrogens is 2. The largest absolute Gasteiger partial charge is 0.493 e. The van der Waals surface area contributed by atoms with Crippen LogP contribution in [0, 0.1) is 0 Å². The van der Waals surface area contributed by atoms with E-state index in [0.717, 1.165) is 35.7 Å². The van der Waals surface area contributed by atoms with Gasteiger partial charge in [-0.15, -0.1) is 0 Å². The molecule has 3 aromatic carbocycles. The van der Waals surface area contributed by atoms with Crippen LogP contribution in [0.1, 0.15) is 55.0 Å². The van der Waals surface area contributed by atoms with Gasteiger partial charge in [-0.1, -0.05) is 71.1 Å². The fourth-order valence-corrected chi connectivity index (χ4v) is 5.29. The van der Waals surface area contributed by atoms with Gasteiger partial charge in [-0.3, -0.25) is 4.79 Å². The van der Waals surface area contributed by atoms with Gasteiger partial charge in [0.2, 0.25) is 0 Å². The van der Waals surface area contributed by atoms with Gasteiger partial charge in [0, 0.05) is 26.5 Å². The Hall–Kier alpha value is -3.16. The third-order valence-electron chi connectivity index (χ3n) is 6.68. The second kappa shape index (κ2) is 11.5. The van der Waals surface area contributed by atoms with Gasteiger partial charge in [0.15, 0.2) is 11.5 Å². The zero-order valence-corrected chi connectivity index (χ0v) is 22.8. The summed E-state index contributed by atoms with van der Waals surface area (Å²) in [5, 5.41) is 5.83. The Morgan fingerprint density at radius 2 is 1.92 bits per heavy atom. The summed E-state index contributed by atoms with van der Waals surface area (Å²) in [4.78, 5) is 18.6. The summed E-state index contributed by atoms with van der Waals surface area (Å²) < 4.78 is 14.0. The van der Waals surface area contributed by atoms with Gasteiger partial charge < -0.3 is 9.47 Å². The fourth-order valence-electron chi connectivity index (χ4n) is 4.74. The Kier molecular flexibility index (Phi) is 7.91. The molecule has 37 heavy (non-hydrogen) atoms. The van der Waals surface area contributed by atoms with Crippen molar-refractivity contribution in [2.24, 2.45) is 5.10 Å². The summed E-state index contributed by atoms with van der Waals surface area (Å²) in [5.41, 5.74) is 2.04. The van der Waals surface area contributed by atoms with Crippen molar-refractivity contribution in [3.63, 3.8) is 0 Å². The Morgan fingerprint density at radius 1 is 1.11 bits per heavy atom. The Morgan fingerprint density at radius 3 is 2.70 bits per heavy atom. The highest BCUT2D eigenvalue weighted by atomic mass is 79.9. The fraction of sp³-hybridized carbons (Fsp3) is 0.276. The molecule has 1 aliphatic carbocycles. The first-order chi connectivity index (χ1) is 18.0. The van der Waals surface area contributed by atoms with E-state index in [0.29, 0.717) is 38.8 Å². The Labute approximate surface area is 229 Å². The summed E-state index contributed by atoms with van der Waals surface area (Å²) in [6.45, 7) is 0.264. The predicted molar refractivity (Wildman–Crippen MR) is 151 cm³/mol. The van der Waals surface area contributed by atoms with Crippen LogP contribution in [-0.4, -0.2) is 23.0 Å². The first-order valence-electron chi connectivity index (χ1n) is 12.3. The second-order valence-corrected chi connectivity index (χ2v) is 10.4. The highest BCUT2D eigenvalue weighted by Gasteiger charge is 2.22. The van der Waals surface area contributed by atoms with Crippen LogP contribution < -0.4 is 15.0 Å². The van der Waals surface area contributed by atoms with Crippen molar-refractivity contribution >= 4 is 44.6 Å². The van der Waals surface area contributed by atoms with Gasteiger partial charge in [0.1, 0.15) is 12.4 Å². The number of rotatable bonds is 7. The molecule has 5 rings (SSSR count).